The Kier molecular flexibility index (Phi) is 5.54. The normalized spacial score (nSPS) is 19.9. The zero-order valence-electron chi connectivity index (χ0n) is 14.7. The Bertz CT molecular complexity index is 593. The Morgan fingerprint density at radius 2 is 1.62 bits per heavy atom. The summed E-state index contributed by atoms with van der Waals surface area (Å²) in [5.41, 5.74) is 1.85. The largest absolute Gasteiger partial charge is 0.341 e. The van der Waals surface area contributed by atoms with E-state index in [0.717, 1.165) is 43.5 Å². The highest BCUT2D eigenvalue weighted by atomic mass is 16.2. The van der Waals surface area contributed by atoms with Gasteiger partial charge in [-0.05, 0) is 38.3 Å². The number of rotatable bonds is 2. The SMILES string of the molecule is Cc1cccc(C(=O)N2CCCN(C(=O)C3CCCCC3)CC2)c1. The molecule has 1 saturated carbocycles. The smallest absolute Gasteiger partial charge is 0.253 e. The first kappa shape index (κ1) is 17.0. The molecule has 24 heavy (non-hydrogen) atoms. The number of amides is 2. The van der Waals surface area contributed by atoms with Crippen LogP contribution in [0.1, 0.15) is 54.4 Å². The first-order valence-corrected chi connectivity index (χ1v) is 9.30. The van der Waals surface area contributed by atoms with Crippen LogP contribution < -0.4 is 0 Å². The number of hydrogen-bond acceptors (Lipinski definition) is 2. The van der Waals surface area contributed by atoms with Crippen LogP contribution in [0.5, 0.6) is 0 Å². The molecular weight excluding hydrogens is 300 g/mol. The van der Waals surface area contributed by atoms with E-state index in [2.05, 4.69) is 0 Å². The van der Waals surface area contributed by atoms with Crippen molar-refractivity contribution in [2.75, 3.05) is 26.2 Å². The fraction of sp³-hybridized carbons (Fsp3) is 0.600. The van der Waals surface area contributed by atoms with Crippen LogP contribution in [0.3, 0.4) is 0 Å². The van der Waals surface area contributed by atoms with Crippen LogP contribution >= 0.6 is 0 Å². The van der Waals surface area contributed by atoms with Gasteiger partial charge >= 0.3 is 0 Å². The molecule has 1 aliphatic carbocycles. The highest BCUT2D eigenvalue weighted by Crippen LogP contribution is 2.26. The lowest BCUT2D eigenvalue weighted by atomic mass is 9.88. The van der Waals surface area contributed by atoms with Crippen molar-refractivity contribution in [1.82, 2.24) is 9.80 Å². The van der Waals surface area contributed by atoms with Crippen LogP contribution in [-0.4, -0.2) is 47.8 Å². The van der Waals surface area contributed by atoms with Gasteiger partial charge in [-0.3, -0.25) is 9.59 Å². The van der Waals surface area contributed by atoms with Gasteiger partial charge in [-0.1, -0.05) is 37.0 Å². The van der Waals surface area contributed by atoms with Crippen LogP contribution in [0.15, 0.2) is 24.3 Å². The summed E-state index contributed by atoms with van der Waals surface area (Å²) in [6.07, 6.45) is 6.59. The van der Waals surface area contributed by atoms with Crippen molar-refractivity contribution >= 4 is 11.8 Å². The summed E-state index contributed by atoms with van der Waals surface area (Å²) in [5, 5.41) is 0. The molecule has 1 saturated heterocycles. The van der Waals surface area contributed by atoms with Crippen molar-refractivity contribution in [3.8, 4) is 0 Å². The van der Waals surface area contributed by atoms with Crippen LogP contribution in [0.2, 0.25) is 0 Å². The zero-order valence-corrected chi connectivity index (χ0v) is 14.7. The molecule has 0 unspecified atom stereocenters. The monoisotopic (exact) mass is 328 g/mol. The highest BCUT2D eigenvalue weighted by Gasteiger charge is 2.28. The number of hydrogen-bond donors (Lipinski definition) is 0. The van der Waals surface area contributed by atoms with Gasteiger partial charge in [0.15, 0.2) is 0 Å². The summed E-state index contributed by atoms with van der Waals surface area (Å²) in [5.74, 6) is 0.628. The van der Waals surface area contributed by atoms with Crippen molar-refractivity contribution in [2.24, 2.45) is 5.92 Å². The molecule has 0 spiro atoms. The lowest BCUT2D eigenvalue weighted by molar-refractivity contribution is -0.136. The highest BCUT2D eigenvalue weighted by molar-refractivity contribution is 5.94. The second-order valence-corrected chi connectivity index (χ2v) is 7.18. The third kappa shape index (κ3) is 3.97. The Balaban J connectivity index is 1.60. The minimum atomic E-state index is 0.0886. The van der Waals surface area contributed by atoms with Crippen molar-refractivity contribution < 1.29 is 9.59 Å². The summed E-state index contributed by atoms with van der Waals surface area (Å²) in [6, 6.07) is 7.76. The van der Waals surface area contributed by atoms with E-state index in [-0.39, 0.29) is 11.8 Å². The van der Waals surface area contributed by atoms with Gasteiger partial charge in [0.05, 0.1) is 0 Å². The third-order valence-electron chi connectivity index (χ3n) is 5.31. The van der Waals surface area contributed by atoms with Gasteiger partial charge < -0.3 is 9.80 Å². The molecule has 4 heteroatoms. The number of aryl methyl sites for hydroxylation is 1. The van der Waals surface area contributed by atoms with Gasteiger partial charge in [0.25, 0.3) is 5.91 Å². The fourth-order valence-corrected chi connectivity index (χ4v) is 3.91. The minimum Gasteiger partial charge on any atom is -0.341 e. The maximum Gasteiger partial charge on any atom is 0.253 e. The van der Waals surface area contributed by atoms with Crippen molar-refractivity contribution in [3.05, 3.63) is 35.4 Å². The molecule has 1 aromatic carbocycles. The average molecular weight is 328 g/mol. The number of nitrogens with zero attached hydrogens (tertiary/aromatic N) is 2. The maximum atomic E-state index is 12.7. The molecule has 0 bridgehead atoms. The molecule has 0 atom stereocenters. The van der Waals surface area contributed by atoms with Crippen LogP contribution in [0.25, 0.3) is 0 Å². The molecule has 4 nitrogen and oxygen atoms in total. The van der Waals surface area contributed by atoms with E-state index < -0.39 is 0 Å². The minimum absolute atomic E-state index is 0.0886. The second kappa shape index (κ2) is 7.82. The van der Waals surface area contributed by atoms with Gasteiger partial charge in [-0.2, -0.15) is 0 Å². The summed E-state index contributed by atoms with van der Waals surface area (Å²) < 4.78 is 0. The predicted octanol–water partition coefficient (Wildman–Crippen LogP) is 3.25. The zero-order chi connectivity index (χ0) is 16.9. The fourth-order valence-electron chi connectivity index (χ4n) is 3.91. The lowest BCUT2D eigenvalue weighted by Gasteiger charge is -2.28. The second-order valence-electron chi connectivity index (χ2n) is 7.18. The van der Waals surface area contributed by atoms with E-state index in [1.807, 2.05) is 41.0 Å². The summed E-state index contributed by atoms with van der Waals surface area (Å²) in [7, 11) is 0. The molecule has 0 radical (unpaired) electrons. The first-order valence-electron chi connectivity index (χ1n) is 9.30. The Labute approximate surface area is 144 Å². The molecule has 1 heterocycles. The van der Waals surface area contributed by atoms with Crippen LogP contribution in [-0.2, 0) is 4.79 Å². The van der Waals surface area contributed by atoms with E-state index in [9.17, 15) is 9.59 Å². The molecule has 0 aromatic heterocycles. The standard InChI is InChI=1S/C20H28N2O2/c1-16-7-5-10-18(15-16)20(24)22-12-6-11-21(13-14-22)19(23)17-8-3-2-4-9-17/h5,7,10,15,17H,2-4,6,8-9,11-14H2,1H3. The molecular formula is C20H28N2O2. The average Bonchev–Trinajstić information content (AvgIpc) is 2.87. The Morgan fingerprint density at radius 3 is 2.38 bits per heavy atom. The van der Waals surface area contributed by atoms with Gasteiger partial charge in [0.2, 0.25) is 5.91 Å². The summed E-state index contributed by atoms with van der Waals surface area (Å²) >= 11 is 0. The molecule has 2 aliphatic rings. The molecule has 1 aliphatic heterocycles. The van der Waals surface area contributed by atoms with Gasteiger partial charge in [0.1, 0.15) is 0 Å². The van der Waals surface area contributed by atoms with Crippen molar-refractivity contribution in [1.29, 1.82) is 0 Å². The van der Waals surface area contributed by atoms with E-state index in [1.54, 1.807) is 0 Å². The molecule has 130 valence electrons. The van der Waals surface area contributed by atoms with Gasteiger partial charge in [-0.25, -0.2) is 0 Å². The van der Waals surface area contributed by atoms with E-state index >= 15 is 0 Å². The van der Waals surface area contributed by atoms with Crippen molar-refractivity contribution in [3.63, 3.8) is 0 Å². The van der Waals surface area contributed by atoms with Crippen molar-refractivity contribution in [2.45, 2.75) is 45.4 Å². The van der Waals surface area contributed by atoms with Gasteiger partial charge in [0, 0.05) is 37.7 Å². The molecule has 0 N–H and O–H groups in total. The quantitative estimate of drug-likeness (QED) is 0.836. The molecule has 2 amide bonds. The summed E-state index contributed by atoms with van der Waals surface area (Å²) in [4.78, 5) is 29.3. The summed E-state index contributed by atoms with van der Waals surface area (Å²) in [6.45, 7) is 4.84. The Morgan fingerprint density at radius 1 is 0.917 bits per heavy atom. The first-order chi connectivity index (χ1) is 11.6. The Hall–Kier alpha value is -1.84. The number of carbonyl (C=O) groups excluding carboxylic acids is 2. The third-order valence-corrected chi connectivity index (χ3v) is 5.31. The van der Waals surface area contributed by atoms with E-state index in [1.165, 1.54) is 19.3 Å². The van der Waals surface area contributed by atoms with E-state index in [4.69, 9.17) is 0 Å². The lowest BCUT2D eigenvalue weighted by Crippen LogP contribution is -2.40. The van der Waals surface area contributed by atoms with E-state index in [0.29, 0.717) is 19.0 Å². The molecule has 2 fully saturated rings. The molecule has 3 rings (SSSR count). The molecule has 1 aromatic rings. The topological polar surface area (TPSA) is 40.6 Å². The maximum absolute atomic E-state index is 12.7. The number of benzene rings is 1. The van der Waals surface area contributed by atoms with Crippen LogP contribution in [0, 0.1) is 12.8 Å². The number of carbonyl (C=O) groups is 2. The predicted molar refractivity (Wildman–Crippen MR) is 94.9 cm³/mol. The van der Waals surface area contributed by atoms with Crippen LogP contribution in [0.4, 0.5) is 0 Å². The van der Waals surface area contributed by atoms with Gasteiger partial charge in [-0.15, -0.1) is 0 Å².